The fourth-order valence-corrected chi connectivity index (χ4v) is 0.986. The molecule has 5 heteroatoms. The van der Waals surface area contributed by atoms with Gasteiger partial charge in [-0.1, -0.05) is 6.08 Å². The molecule has 0 saturated carbocycles. The van der Waals surface area contributed by atoms with Gasteiger partial charge in [0.1, 0.15) is 6.33 Å². The summed E-state index contributed by atoms with van der Waals surface area (Å²) in [5, 5.41) is 2.61. The highest BCUT2D eigenvalue weighted by molar-refractivity contribution is 5.76. The Morgan fingerprint density at radius 3 is 2.87 bits per heavy atom. The molecule has 0 spiro atoms. The van der Waals surface area contributed by atoms with Crippen LogP contribution in [-0.4, -0.2) is 22.4 Å². The molecule has 0 unspecified atom stereocenters. The number of amides is 1. The number of carbonyl (C=O) groups excluding carboxylic acids is 1. The Labute approximate surface area is 88.4 Å². The Morgan fingerprint density at radius 2 is 2.20 bits per heavy atom. The van der Waals surface area contributed by atoms with E-state index in [1.54, 1.807) is 18.6 Å². The number of nitrogens with one attached hydrogen (secondary N) is 1. The summed E-state index contributed by atoms with van der Waals surface area (Å²) >= 11 is 0. The summed E-state index contributed by atoms with van der Waals surface area (Å²) in [6, 6.07) is 0. The predicted molar refractivity (Wildman–Crippen MR) is 56.7 cm³/mol. The van der Waals surface area contributed by atoms with E-state index in [1.807, 2.05) is 6.08 Å². The number of nitrogens with two attached hydrogens (primary N) is 1. The summed E-state index contributed by atoms with van der Waals surface area (Å²) in [6.07, 6.45) is 9.45. The van der Waals surface area contributed by atoms with Crippen molar-refractivity contribution in [1.82, 2.24) is 15.3 Å². The van der Waals surface area contributed by atoms with Crippen LogP contribution < -0.4 is 11.1 Å². The molecule has 1 heterocycles. The van der Waals surface area contributed by atoms with Crippen LogP contribution in [0.4, 0.5) is 0 Å². The summed E-state index contributed by atoms with van der Waals surface area (Å²) in [5.74, 6) is -0.0712. The topological polar surface area (TPSA) is 80.9 Å². The monoisotopic (exact) mass is 206 g/mol. The van der Waals surface area contributed by atoms with Crippen molar-refractivity contribution in [1.29, 1.82) is 0 Å². The minimum Gasteiger partial charge on any atom is -0.333 e. The lowest BCUT2D eigenvalue weighted by Crippen LogP contribution is -2.20. The highest BCUT2D eigenvalue weighted by Gasteiger charge is 1.93. The highest BCUT2D eigenvalue weighted by atomic mass is 16.1. The van der Waals surface area contributed by atoms with Crippen molar-refractivity contribution in [3.63, 3.8) is 0 Å². The van der Waals surface area contributed by atoms with E-state index >= 15 is 0 Å². The van der Waals surface area contributed by atoms with Crippen LogP contribution in [0.25, 0.3) is 0 Å². The average molecular weight is 206 g/mol. The van der Waals surface area contributed by atoms with Gasteiger partial charge in [0.2, 0.25) is 5.91 Å². The van der Waals surface area contributed by atoms with E-state index in [0.717, 1.165) is 5.56 Å². The number of hydrogen-bond acceptors (Lipinski definition) is 4. The van der Waals surface area contributed by atoms with E-state index in [4.69, 9.17) is 5.73 Å². The third-order valence-corrected chi connectivity index (χ3v) is 1.70. The molecule has 80 valence electrons. The first kappa shape index (κ1) is 11.3. The zero-order chi connectivity index (χ0) is 10.9. The van der Waals surface area contributed by atoms with Crippen LogP contribution >= 0.6 is 0 Å². The van der Waals surface area contributed by atoms with Crippen molar-refractivity contribution in [2.45, 2.75) is 12.8 Å². The molecule has 1 rings (SSSR count). The normalized spacial score (nSPS) is 10.5. The molecule has 0 atom stereocenters. The van der Waals surface area contributed by atoms with Crippen LogP contribution in [0.5, 0.6) is 0 Å². The Bertz CT molecular complexity index is 323. The molecule has 0 aliphatic rings. The van der Waals surface area contributed by atoms with Crippen LogP contribution in [0.2, 0.25) is 0 Å². The van der Waals surface area contributed by atoms with Gasteiger partial charge < -0.3 is 11.1 Å². The van der Waals surface area contributed by atoms with Crippen molar-refractivity contribution >= 4 is 5.91 Å². The molecule has 0 bridgehead atoms. The molecule has 0 radical (unpaired) electrons. The summed E-state index contributed by atoms with van der Waals surface area (Å²) < 4.78 is 0. The van der Waals surface area contributed by atoms with Crippen LogP contribution in [-0.2, 0) is 11.2 Å². The van der Waals surface area contributed by atoms with Crippen LogP contribution in [0.3, 0.4) is 0 Å². The lowest BCUT2D eigenvalue weighted by Gasteiger charge is -1.96. The quantitative estimate of drug-likeness (QED) is 0.710. The van der Waals surface area contributed by atoms with E-state index < -0.39 is 0 Å². The van der Waals surface area contributed by atoms with E-state index in [9.17, 15) is 4.79 Å². The molecule has 5 nitrogen and oxygen atoms in total. The van der Waals surface area contributed by atoms with Gasteiger partial charge >= 0.3 is 0 Å². The number of allylic oxidation sites excluding steroid dienone is 1. The Kier molecular flexibility index (Phi) is 5.03. The number of rotatable bonds is 5. The highest BCUT2D eigenvalue weighted by Crippen LogP contribution is 1.94. The third kappa shape index (κ3) is 4.87. The average Bonchev–Trinajstić information content (AvgIpc) is 2.26. The van der Waals surface area contributed by atoms with E-state index in [-0.39, 0.29) is 5.91 Å². The summed E-state index contributed by atoms with van der Waals surface area (Å²) in [6.45, 7) is 0.367. The molecule has 1 aromatic rings. The predicted octanol–water partition coefficient (Wildman–Crippen LogP) is -0.00220. The second-order valence-corrected chi connectivity index (χ2v) is 2.96. The van der Waals surface area contributed by atoms with Crippen LogP contribution in [0, 0.1) is 0 Å². The smallest absolute Gasteiger partial charge is 0.225 e. The molecule has 15 heavy (non-hydrogen) atoms. The van der Waals surface area contributed by atoms with E-state index in [0.29, 0.717) is 19.4 Å². The first-order valence-electron chi connectivity index (χ1n) is 4.71. The van der Waals surface area contributed by atoms with Gasteiger partial charge in [-0.25, -0.2) is 9.97 Å². The molecular weight excluding hydrogens is 192 g/mol. The Morgan fingerprint density at radius 1 is 1.47 bits per heavy atom. The van der Waals surface area contributed by atoms with Crippen molar-refractivity contribution in [3.8, 4) is 0 Å². The zero-order valence-electron chi connectivity index (χ0n) is 8.39. The largest absolute Gasteiger partial charge is 0.333 e. The van der Waals surface area contributed by atoms with Gasteiger partial charge in [0.15, 0.2) is 0 Å². The maximum atomic E-state index is 11.0. The van der Waals surface area contributed by atoms with E-state index in [2.05, 4.69) is 15.3 Å². The molecule has 1 amide bonds. The first-order valence-corrected chi connectivity index (χ1v) is 4.71. The molecule has 0 saturated heterocycles. The molecule has 0 aliphatic carbocycles. The minimum absolute atomic E-state index is 0.0712. The van der Waals surface area contributed by atoms with Gasteiger partial charge in [0.05, 0.1) is 0 Å². The standard InChI is InChI=1S/C10H14N4O/c11-4-3-10(15)14-5-1-2-9-6-12-8-13-7-9/h1,5-8H,2-4,11H2,(H,14,15). The fourth-order valence-electron chi connectivity index (χ4n) is 0.986. The molecule has 0 aromatic carbocycles. The van der Waals surface area contributed by atoms with Gasteiger partial charge in [-0.3, -0.25) is 4.79 Å². The van der Waals surface area contributed by atoms with E-state index in [1.165, 1.54) is 6.33 Å². The number of carbonyl (C=O) groups is 1. The first-order chi connectivity index (χ1) is 7.33. The van der Waals surface area contributed by atoms with Crippen molar-refractivity contribution in [2.24, 2.45) is 5.73 Å². The van der Waals surface area contributed by atoms with Gasteiger partial charge in [0.25, 0.3) is 0 Å². The van der Waals surface area contributed by atoms with Crippen LogP contribution in [0.15, 0.2) is 31.0 Å². The van der Waals surface area contributed by atoms with Gasteiger partial charge in [-0.15, -0.1) is 0 Å². The number of hydrogen-bond donors (Lipinski definition) is 2. The Hall–Kier alpha value is -1.75. The second-order valence-electron chi connectivity index (χ2n) is 2.96. The molecule has 0 fully saturated rings. The SMILES string of the molecule is NCCC(=O)NC=CCc1cncnc1. The Balaban J connectivity index is 2.26. The maximum Gasteiger partial charge on any atom is 0.225 e. The molecular formula is C10H14N4O. The second kappa shape index (κ2) is 6.67. The molecule has 3 N–H and O–H groups in total. The van der Waals surface area contributed by atoms with Crippen molar-refractivity contribution < 1.29 is 4.79 Å². The van der Waals surface area contributed by atoms with Crippen molar-refractivity contribution in [2.75, 3.05) is 6.54 Å². The molecule has 1 aromatic heterocycles. The van der Waals surface area contributed by atoms with Crippen LogP contribution in [0.1, 0.15) is 12.0 Å². The number of nitrogens with zero attached hydrogens (tertiary/aromatic N) is 2. The lowest BCUT2D eigenvalue weighted by atomic mass is 10.2. The molecule has 0 aliphatic heterocycles. The summed E-state index contributed by atoms with van der Waals surface area (Å²) in [7, 11) is 0. The van der Waals surface area contributed by atoms with Gasteiger partial charge in [-0.05, 0) is 12.0 Å². The fraction of sp³-hybridized carbons (Fsp3) is 0.300. The summed E-state index contributed by atoms with van der Waals surface area (Å²) in [5.41, 5.74) is 6.22. The third-order valence-electron chi connectivity index (χ3n) is 1.70. The van der Waals surface area contributed by atoms with Crippen molar-refractivity contribution in [3.05, 3.63) is 36.6 Å². The zero-order valence-corrected chi connectivity index (χ0v) is 8.39. The van der Waals surface area contributed by atoms with Gasteiger partial charge in [-0.2, -0.15) is 0 Å². The summed E-state index contributed by atoms with van der Waals surface area (Å²) in [4.78, 5) is 18.7. The van der Waals surface area contributed by atoms with Gasteiger partial charge in [0, 0.05) is 31.6 Å². The number of aromatic nitrogens is 2. The lowest BCUT2D eigenvalue weighted by molar-refractivity contribution is -0.119. The maximum absolute atomic E-state index is 11.0. The minimum atomic E-state index is -0.0712.